The van der Waals surface area contributed by atoms with Crippen LogP contribution in [-0.4, -0.2) is 33.3 Å². The predicted molar refractivity (Wildman–Crippen MR) is 94.3 cm³/mol. The summed E-state index contributed by atoms with van der Waals surface area (Å²) in [5, 5.41) is 7.50. The first-order valence-electron chi connectivity index (χ1n) is 8.83. The first-order chi connectivity index (χ1) is 12.8. The molecule has 26 heavy (non-hydrogen) atoms. The van der Waals surface area contributed by atoms with Crippen molar-refractivity contribution in [2.45, 2.75) is 31.7 Å². The van der Waals surface area contributed by atoms with Gasteiger partial charge in [0.15, 0.2) is 17.1 Å². The third-order valence-corrected chi connectivity index (χ3v) is 5.00. The van der Waals surface area contributed by atoms with Crippen LogP contribution in [0, 0.1) is 0 Å². The monoisotopic (exact) mass is 350 g/mol. The van der Waals surface area contributed by atoms with Gasteiger partial charge in [-0.25, -0.2) is 9.50 Å². The summed E-state index contributed by atoms with van der Waals surface area (Å²) in [7, 11) is 0. The number of nitrogens with zero attached hydrogens (tertiary/aromatic N) is 3. The van der Waals surface area contributed by atoms with Crippen molar-refractivity contribution in [1.82, 2.24) is 19.9 Å². The fourth-order valence-electron chi connectivity index (χ4n) is 3.66. The molecule has 1 amide bonds. The van der Waals surface area contributed by atoms with Gasteiger partial charge in [-0.15, -0.1) is 0 Å². The second kappa shape index (κ2) is 6.01. The van der Waals surface area contributed by atoms with Gasteiger partial charge in [-0.2, -0.15) is 5.10 Å². The maximum Gasteiger partial charge on any atom is 0.256 e. The molecule has 0 unspecified atom stereocenters. The van der Waals surface area contributed by atoms with Gasteiger partial charge >= 0.3 is 0 Å². The topological polar surface area (TPSA) is 77.8 Å². The van der Waals surface area contributed by atoms with Crippen molar-refractivity contribution in [2.24, 2.45) is 0 Å². The Morgan fingerprint density at radius 1 is 1.15 bits per heavy atom. The highest BCUT2D eigenvalue weighted by Gasteiger charge is 2.22. The normalized spacial score (nSPS) is 16.3. The third-order valence-electron chi connectivity index (χ3n) is 5.00. The molecule has 1 aliphatic carbocycles. The van der Waals surface area contributed by atoms with E-state index in [9.17, 15) is 4.79 Å². The Kier molecular flexibility index (Phi) is 3.51. The highest BCUT2D eigenvalue weighted by Crippen LogP contribution is 2.35. The summed E-state index contributed by atoms with van der Waals surface area (Å²) in [6, 6.07) is 7.87. The minimum absolute atomic E-state index is 0.109. The van der Waals surface area contributed by atoms with Crippen LogP contribution in [0.2, 0.25) is 0 Å². The number of amides is 1. The number of hydrogen-bond donors (Lipinski definition) is 1. The molecule has 1 fully saturated rings. The summed E-state index contributed by atoms with van der Waals surface area (Å²) in [5.74, 6) is 1.33. The molecule has 7 nitrogen and oxygen atoms in total. The Bertz CT molecular complexity index is 992. The lowest BCUT2D eigenvalue weighted by Gasteiger charge is -2.11. The quantitative estimate of drug-likeness (QED) is 0.786. The smallest absolute Gasteiger partial charge is 0.256 e. The highest BCUT2D eigenvalue weighted by atomic mass is 16.7. The standard InChI is InChI=1S/C19H18N4O3/c24-19(22-13-3-1-2-4-13)14-10-21-23-15(7-8-20-18(14)23)12-5-6-16-17(9-12)26-11-25-16/h5-10,13H,1-4,11H2,(H,22,24). The molecule has 0 spiro atoms. The van der Waals surface area contributed by atoms with Gasteiger partial charge in [-0.3, -0.25) is 4.79 Å². The summed E-state index contributed by atoms with van der Waals surface area (Å²) >= 11 is 0. The van der Waals surface area contributed by atoms with Crippen molar-refractivity contribution in [3.05, 3.63) is 42.2 Å². The molecule has 1 aromatic carbocycles. The number of ether oxygens (including phenoxy) is 2. The maximum absolute atomic E-state index is 12.6. The molecule has 7 heteroatoms. The lowest BCUT2D eigenvalue weighted by atomic mass is 10.1. The van der Waals surface area contributed by atoms with Crippen LogP contribution in [0.1, 0.15) is 36.0 Å². The molecule has 3 heterocycles. The van der Waals surface area contributed by atoms with Crippen LogP contribution in [0.15, 0.2) is 36.7 Å². The number of hydrogen-bond acceptors (Lipinski definition) is 5. The van der Waals surface area contributed by atoms with Gasteiger partial charge in [-0.05, 0) is 37.1 Å². The average molecular weight is 350 g/mol. The molecule has 1 aliphatic heterocycles. The van der Waals surface area contributed by atoms with E-state index in [4.69, 9.17) is 9.47 Å². The molecular formula is C19H18N4O3. The van der Waals surface area contributed by atoms with Gasteiger partial charge in [0.2, 0.25) is 6.79 Å². The zero-order valence-corrected chi connectivity index (χ0v) is 14.1. The first-order valence-corrected chi connectivity index (χ1v) is 8.83. The van der Waals surface area contributed by atoms with Crippen molar-refractivity contribution < 1.29 is 14.3 Å². The number of rotatable bonds is 3. The number of aromatic nitrogens is 3. The minimum Gasteiger partial charge on any atom is -0.454 e. The molecule has 5 rings (SSSR count). The second-order valence-electron chi connectivity index (χ2n) is 6.65. The SMILES string of the molecule is O=C(NC1CCCC1)c1cnn2c(-c3ccc4c(c3)OCO4)ccnc12. The minimum atomic E-state index is -0.109. The number of carbonyl (C=O) groups is 1. The molecule has 3 aromatic rings. The lowest BCUT2D eigenvalue weighted by molar-refractivity contribution is 0.0939. The van der Waals surface area contributed by atoms with Crippen molar-refractivity contribution in [3.63, 3.8) is 0 Å². The van der Waals surface area contributed by atoms with Crippen LogP contribution < -0.4 is 14.8 Å². The van der Waals surface area contributed by atoms with E-state index in [1.54, 1.807) is 16.9 Å². The zero-order chi connectivity index (χ0) is 17.5. The molecule has 132 valence electrons. The molecular weight excluding hydrogens is 332 g/mol. The van der Waals surface area contributed by atoms with Crippen LogP contribution >= 0.6 is 0 Å². The summed E-state index contributed by atoms with van der Waals surface area (Å²) in [4.78, 5) is 17.0. The van der Waals surface area contributed by atoms with Crippen LogP contribution in [0.4, 0.5) is 0 Å². The van der Waals surface area contributed by atoms with E-state index in [0.29, 0.717) is 17.0 Å². The second-order valence-corrected chi connectivity index (χ2v) is 6.65. The fraction of sp³-hybridized carbons (Fsp3) is 0.316. The Balaban J connectivity index is 1.52. The Hall–Kier alpha value is -3.09. The number of benzene rings is 1. The highest BCUT2D eigenvalue weighted by molar-refractivity contribution is 6.00. The number of carbonyl (C=O) groups excluding carboxylic acids is 1. The van der Waals surface area contributed by atoms with Gasteiger partial charge in [-0.1, -0.05) is 12.8 Å². The van der Waals surface area contributed by atoms with Crippen LogP contribution in [0.25, 0.3) is 16.9 Å². The Labute approximate surface area is 149 Å². The lowest BCUT2D eigenvalue weighted by Crippen LogP contribution is -2.32. The molecule has 2 aromatic heterocycles. The van der Waals surface area contributed by atoms with Crippen molar-refractivity contribution in [3.8, 4) is 22.8 Å². The van der Waals surface area contributed by atoms with E-state index in [2.05, 4.69) is 15.4 Å². The number of nitrogens with one attached hydrogen (secondary N) is 1. The van der Waals surface area contributed by atoms with E-state index >= 15 is 0 Å². The first kappa shape index (κ1) is 15.2. The Morgan fingerprint density at radius 2 is 2.00 bits per heavy atom. The van der Waals surface area contributed by atoms with Crippen molar-refractivity contribution >= 4 is 11.6 Å². The third kappa shape index (κ3) is 2.47. The van der Waals surface area contributed by atoms with Gasteiger partial charge in [0.05, 0.1) is 11.9 Å². The molecule has 0 bridgehead atoms. The van der Waals surface area contributed by atoms with E-state index in [0.717, 1.165) is 29.8 Å². The van der Waals surface area contributed by atoms with Gasteiger partial charge in [0, 0.05) is 17.8 Å². The van der Waals surface area contributed by atoms with Gasteiger partial charge < -0.3 is 14.8 Å². The summed E-state index contributed by atoms with van der Waals surface area (Å²) in [5.41, 5.74) is 2.82. The zero-order valence-electron chi connectivity index (χ0n) is 14.1. The van der Waals surface area contributed by atoms with Crippen molar-refractivity contribution in [1.29, 1.82) is 0 Å². The van der Waals surface area contributed by atoms with E-state index in [1.807, 2.05) is 24.3 Å². The predicted octanol–water partition coefficient (Wildman–Crippen LogP) is 2.80. The van der Waals surface area contributed by atoms with Gasteiger partial charge in [0.25, 0.3) is 5.91 Å². The maximum atomic E-state index is 12.6. The van der Waals surface area contributed by atoms with E-state index in [1.165, 1.54) is 12.8 Å². The molecule has 0 saturated heterocycles. The summed E-state index contributed by atoms with van der Waals surface area (Å²) < 4.78 is 12.5. The summed E-state index contributed by atoms with van der Waals surface area (Å²) in [6.45, 7) is 0.234. The van der Waals surface area contributed by atoms with E-state index < -0.39 is 0 Å². The van der Waals surface area contributed by atoms with E-state index in [-0.39, 0.29) is 18.7 Å². The molecule has 1 N–H and O–H groups in total. The molecule has 2 aliphatic rings. The Morgan fingerprint density at radius 3 is 2.88 bits per heavy atom. The van der Waals surface area contributed by atoms with Crippen LogP contribution in [-0.2, 0) is 0 Å². The number of fused-ring (bicyclic) bond motifs is 2. The van der Waals surface area contributed by atoms with Crippen LogP contribution in [0.3, 0.4) is 0 Å². The fourth-order valence-corrected chi connectivity index (χ4v) is 3.66. The average Bonchev–Trinajstić information content (AvgIpc) is 3.40. The van der Waals surface area contributed by atoms with Crippen LogP contribution in [0.5, 0.6) is 11.5 Å². The largest absolute Gasteiger partial charge is 0.454 e. The molecule has 1 saturated carbocycles. The molecule has 0 radical (unpaired) electrons. The molecule has 0 atom stereocenters. The summed E-state index contributed by atoms with van der Waals surface area (Å²) in [6.07, 6.45) is 7.71. The van der Waals surface area contributed by atoms with Gasteiger partial charge in [0.1, 0.15) is 5.56 Å². The van der Waals surface area contributed by atoms with Crippen molar-refractivity contribution in [2.75, 3.05) is 6.79 Å².